The van der Waals surface area contributed by atoms with Gasteiger partial charge in [0.15, 0.2) is 5.96 Å². The van der Waals surface area contributed by atoms with E-state index in [-0.39, 0.29) is 24.0 Å². The number of aryl methyl sites for hydroxylation is 2. The topological polar surface area (TPSA) is 54.2 Å². The Labute approximate surface area is 132 Å². The first-order valence-corrected chi connectivity index (χ1v) is 6.21. The maximum Gasteiger partial charge on any atom is 0.192 e. The Morgan fingerprint density at radius 2 is 2.32 bits per heavy atom. The van der Waals surface area contributed by atoms with Crippen molar-refractivity contribution in [2.75, 3.05) is 19.6 Å². The van der Waals surface area contributed by atoms with Gasteiger partial charge in [0.05, 0.1) is 12.7 Å². The summed E-state index contributed by atoms with van der Waals surface area (Å²) >= 11 is 0. The zero-order valence-corrected chi connectivity index (χ0v) is 13.8. The molecule has 106 valence electrons. The van der Waals surface area contributed by atoms with Gasteiger partial charge in [-0.1, -0.05) is 5.92 Å². The molecule has 1 aromatic rings. The van der Waals surface area contributed by atoms with Gasteiger partial charge in [-0.2, -0.15) is 5.10 Å². The molecule has 5 nitrogen and oxygen atoms in total. The molecule has 6 heteroatoms. The van der Waals surface area contributed by atoms with Crippen LogP contribution in [0.1, 0.15) is 18.9 Å². The summed E-state index contributed by atoms with van der Waals surface area (Å²) in [6.45, 7) is 7.01. The fourth-order valence-corrected chi connectivity index (χ4v) is 1.49. The van der Waals surface area contributed by atoms with Crippen LogP contribution in [0.25, 0.3) is 0 Å². The lowest BCUT2D eigenvalue weighted by Gasteiger charge is -2.08. The predicted octanol–water partition coefficient (Wildman–Crippen LogP) is 1.39. The normalized spacial score (nSPS) is 10.5. The number of hydrogen-bond acceptors (Lipinski definition) is 2. The van der Waals surface area contributed by atoms with Crippen molar-refractivity contribution in [2.24, 2.45) is 4.99 Å². The Hall–Kier alpha value is -1.23. The first-order chi connectivity index (χ1) is 8.76. The van der Waals surface area contributed by atoms with Crippen LogP contribution in [0.15, 0.2) is 17.4 Å². The highest BCUT2D eigenvalue weighted by molar-refractivity contribution is 14.0. The molecule has 0 unspecified atom stereocenters. The average Bonchev–Trinajstić information content (AvgIpc) is 2.77. The molecule has 0 saturated heterocycles. The number of halogens is 1. The van der Waals surface area contributed by atoms with Crippen LogP contribution in [0.4, 0.5) is 0 Å². The summed E-state index contributed by atoms with van der Waals surface area (Å²) in [5.74, 6) is 3.30. The molecule has 0 amide bonds. The van der Waals surface area contributed by atoms with Crippen molar-refractivity contribution < 1.29 is 0 Å². The van der Waals surface area contributed by atoms with Gasteiger partial charge in [0.2, 0.25) is 0 Å². The van der Waals surface area contributed by atoms with Crippen LogP contribution in [0.5, 0.6) is 0 Å². The number of terminal acetylenes is 1. The molecule has 0 aromatic carbocycles. The molecule has 1 aromatic heterocycles. The van der Waals surface area contributed by atoms with E-state index in [1.54, 1.807) is 0 Å². The summed E-state index contributed by atoms with van der Waals surface area (Å²) in [6, 6.07) is 0. The van der Waals surface area contributed by atoms with Gasteiger partial charge in [0.1, 0.15) is 0 Å². The smallest absolute Gasteiger partial charge is 0.192 e. The summed E-state index contributed by atoms with van der Waals surface area (Å²) in [7, 11) is 0. The molecule has 0 aliphatic carbocycles. The summed E-state index contributed by atoms with van der Waals surface area (Å²) < 4.78 is 1.94. The molecule has 0 saturated carbocycles. The highest BCUT2D eigenvalue weighted by Gasteiger charge is 1.96. The molecular weight excluding hydrogens is 353 g/mol. The number of aromatic nitrogens is 2. The zero-order chi connectivity index (χ0) is 13.2. The third-order valence-electron chi connectivity index (χ3n) is 2.28. The van der Waals surface area contributed by atoms with Gasteiger partial charge in [-0.3, -0.25) is 9.67 Å². The van der Waals surface area contributed by atoms with E-state index in [4.69, 9.17) is 6.42 Å². The molecule has 0 aliphatic heterocycles. The van der Waals surface area contributed by atoms with Crippen molar-refractivity contribution in [1.82, 2.24) is 20.4 Å². The number of nitrogens with one attached hydrogen (secondary N) is 2. The van der Waals surface area contributed by atoms with Gasteiger partial charge in [0, 0.05) is 25.8 Å². The molecule has 0 aliphatic rings. The van der Waals surface area contributed by atoms with Crippen LogP contribution in [0, 0.1) is 19.3 Å². The van der Waals surface area contributed by atoms with E-state index in [0.29, 0.717) is 6.54 Å². The first kappa shape index (κ1) is 17.8. The maximum absolute atomic E-state index is 5.20. The fourth-order valence-electron chi connectivity index (χ4n) is 1.49. The molecule has 19 heavy (non-hydrogen) atoms. The molecule has 1 rings (SSSR count). The molecule has 0 atom stereocenters. The van der Waals surface area contributed by atoms with Gasteiger partial charge in [-0.25, -0.2) is 0 Å². The number of aliphatic imine (C=N–C) groups is 1. The largest absolute Gasteiger partial charge is 0.357 e. The third-order valence-corrected chi connectivity index (χ3v) is 2.28. The summed E-state index contributed by atoms with van der Waals surface area (Å²) in [5, 5.41) is 10.4. The SMILES string of the molecule is C#CCNC(=NCCCn1cc(C)cn1)NCC.I. The second-order valence-corrected chi connectivity index (χ2v) is 3.95. The second-order valence-electron chi connectivity index (χ2n) is 3.95. The van der Waals surface area contributed by atoms with E-state index in [1.165, 1.54) is 5.56 Å². The minimum atomic E-state index is 0. The van der Waals surface area contributed by atoms with Crippen molar-refractivity contribution >= 4 is 29.9 Å². The maximum atomic E-state index is 5.20. The predicted molar refractivity (Wildman–Crippen MR) is 89.8 cm³/mol. The van der Waals surface area contributed by atoms with Gasteiger partial charge >= 0.3 is 0 Å². The summed E-state index contributed by atoms with van der Waals surface area (Å²) in [6.07, 6.45) is 10.0. The molecule has 1 heterocycles. The standard InChI is InChI=1S/C13H21N5.HI/c1-4-7-15-13(14-5-2)16-8-6-9-18-11-12(3)10-17-18;/h1,10-11H,5-9H2,2-3H3,(H2,14,15,16);1H. The van der Waals surface area contributed by atoms with Gasteiger partial charge in [-0.15, -0.1) is 30.4 Å². The second kappa shape index (κ2) is 10.7. The molecule has 0 spiro atoms. The highest BCUT2D eigenvalue weighted by atomic mass is 127. The molecule has 2 N–H and O–H groups in total. The zero-order valence-electron chi connectivity index (χ0n) is 11.5. The van der Waals surface area contributed by atoms with E-state index in [9.17, 15) is 0 Å². The van der Waals surface area contributed by atoms with Crippen molar-refractivity contribution in [3.63, 3.8) is 0 Å². The van der Waals surface area contributed by atoms with E-state index < -0.39 is 0 Å². The Morgan fingerprint density at radius 3 is 2.89 bits per heavy atom. The minimum absolute atomic E-state index is 0. The highest BCUT2D eigenvalue weighted by Crippen LogP contribution is 1.95. The van der Waals surface area contributed by atoms with Crippen molar-refractivity contribution in [3.8, 4) is 12.3 Å². The van der Waals surface area contributed by atoms with Crippen molar-refractivity contribution in [1.29, 1.82) is 0 Å². The first-order valence-electron chi connectivity index (χ1n) is 6.21. The Bertz CT molecular complexity index is 419. The van der Waals surface area contributed by atoms with Gasteiger partial charge in [-0.05, 0) is 25.8 Å². The van der Waals surface area contributed by atoms with Crippen molar-refractivity contribution in [2.45, 2.75) is 26.8 Å². The number of guanidine groups is 1. The molecule has 0 fully saturated rings. The van der Waals surface area contributed by atoms with Crippen LogP contribution in [-0.2, 0) is 6.54 Å². The van der Waals surface area contributed by atoms with Crippen LogP contribution in [-0.4, -0.2) is 35.4 Å². The lowest BCUT2D eigenvalue weighted by atomic mass is 10.4. The van der Waals surface area contributed by atoms with Crippen LogP contribution >= 0.6 is 24.0 Å². The van der Waals surface area contributed by atoms with E-state index in [0.717, 1.165) is 32.0 Å². The Morgan fingerprint density at radius 1 is 1.53 bits per heavy atom. The average molecular weight is 375 g/mol. The van der Waals surface area contributed by atoms with E-state index in [1.807, 2.05) is 30.9 Å². The van der Waals surface area contributed by atoms with E-state index in [2.05, 4.69) is 26.6 Å². The lowest BCUT2D eigenvalue weighted by Crippen LogP contribution is -2.37. The quantitative estimate of drug-likeness (QED) is 0.260. The summed E-state index contributed by atoms with van der Waals surface area (Å²) in [4.78, 5) is 4.43. The van der Waals surface area contributed by atoms with Crippen LogP contribution in [0.2, 0.25) is 0 Å². The minimum Gasteiger partial charge on any atom is -0.357 e. The van der Waals surface area contributed by atoms with Gasteiger partial charge < -0.3 is 10.6 Å². The summed E-state index contributed by atoms with van der Waals surface area (Å²) in [5.41, 5.74) is 1.18. The number of hydrogen-bond donors (Lipinski definition) is 2. The van der Waals surface area contributed by atoms with E-state index >= 15 is 0 Å². The number of nitrogens with zero attached hydrogens (tertiary/aromatic N) is 3. The number of rotatable bonds is 6. The molecule has 0 radical (unpaired) electrons. The third kappa shape index (κ3) is 7.72. The van der Waals surface area contributed by atoms with Gasteiger partial charge in [0.25, 0.3) is 0 Å². The molecule has 0 bridgehead atoms. The lowest BCUT2D eigenvalue weighted by molar-refractivity contribution is 0.584. The fraction of sp³-hybridized carbons (Fsp3) is 0.538. The van der Waals surface area contributed by atoms with Crippen molar-refractivity contribution in [3.05, 3.63) is 18.0 Å². The van der Waals surface area contributed by atoms with Crippen LogP contribution in [0.3, 0.4) is 0 Å². The Kier molecular flexibility index (Phi) is 9.98. The molecular formula is C13H22IN5. The van der Waals surface area contributed by atoms with Crippen LogP contribution < -0.4 is 10.6 Å². The Balaban J connectivity index is 0.00000324. The monoisotopic (exact) mass is 375 g/mol.